The summed E-state index contributed by atoms with van der Waals surface area (Å²) in [5.74, 6) is -1.55. The number of aromatic amines is 1. The maximum atomic E-state index is 14.6. The van der Waals surface area contributed by atoms with Crippen LogP contribution < -0.4 is 5.56 Å². The molecule has 2 aromatic heterocycles. The fraction of sp³-hybridized carbons (Fsp3) is 0.348. The van der Waals surface area contributed by atoms with Crippen molar-refractivity contribution >= 4 is 40.5 Å². The number of carbonyl (C=O) groups excluding carboxylic acids is 2. The largest absolute Gasteiger partial charge is 0.381 e. The van der Waals surface area contributed by atoms with Crippen LogP contribution in [0.5, 0.6) is 0 Å². The van der Waals surface area contributed by atoms with Crippen LogP contribution in [-0.4, -0.2) is 67.9 Å². The molecule has 1 aliphatic heterocycles. The number of hydrogen-bond donors (Lipinski definition) is 2. The van der Waals surface area contributed by atoms with Crippen LogP contribution in [0.1, 0.15) is 35.5 Å². The Kier molecular flexibility index (Phi) is 6.46. The molecule has 3 heterocycles. The molecule has 3 aromatic rings. The molecule has 2 amide bonds. The maximum Gasteiger partial charge on any atom is 0.272 e. The zero-order valence-electron chi connectivity index (χ0n) is 18.6. The fourth-order valence-electron chi connectivity index (χ4n) is 4.05. The van der Waals surface area contributed by atoms with Crippen molar-refractivity contribution in [2.75, 3.05) is 26.2 Å². The number of aliphatic hydroxyl groups is 1. The van der Waals surface area contributed by atoms with Gasteiger partial charge in [-0.1, -0.05) is 29.3 Å². The van der Waals surface area contributed by atoms with E-state index < -0.39 is 23.2 Å². The van der Waals surface area contributed by atoms with Crippen LogP contribution in [-0.2, 0) is 11.2 Å². The molecular formula is C23H23Cl2FN4O4. The predicted molar refractivity (Wildman–Crippen MR) is 126 cm³/mol. The van der Waals surface area contributed by atoms with Crippen LogP contribution in [0.3, 0.4) is 0 Å². The Labute approximate surface area is 204 Å². The van der Waals surface area contributed by atoms with Gasteiger partial charge < -0.3 is 19.9 Å². The van der Waals surface area contributed by atoms with E-state index in [1.807, 2.05) is 0 Å². The molecule has 0 saturated carbocycles. The van der Waals surface area contributed by atoms with E-state index >= 15 is 0 Å². The van der Waals surface area contributed by atoms with Crippen LogP contribution in [0.4, 0.5) is 4.39 Å². The number of hydrogen-bond acceptors (Lipinski definition) is 4. The minimum Gasteiger partial charge on any atom is -0.381 e. The fourth-order valence-corrected chi connectivity index (χ4v) is 4.49. The lowest BCUT2D eigenvalue weighted by Gasteiger charge is -2.37. The van der Waals surface area contributed by atoms with Gasteiger partial charge in [0.15, 0.2) is 0 Å². The van der Waals surface area contributed by atoms with Gasteiger partial charge in [-0.2, -0.15) is 0 Å². The molecule has 8 nitrogen and oxygen atoms in total. The van der Waals surface area contributed by atoms with Crippen molar-refractivity contribution in [1.29, 1.82) is 0 Å². The Morgan fingerprint density at radius 3 is 2.41 bits per heavy atom. The molecule has 0 atom stereocenters. The Hall–Kier alpha value is -2.88. The third kappa shape index (κ3) is 4.55. The topological polar surface area (TPSA) is 98.1 Å². The Morgan fingerprint density at radius 2 is 1.76 bits per heavy atom. The van der Waals surface area contributed by atoms with Gasteiger partial charge in [0, 0.05) is 44.5 Å². The Balaban J connectivity index is 1.55. The molecule has 0 unspecified atom stereocenters. The minimum absolute atomic E-state index is 0.0860. The second-order valence-corrected chi connectivity index (χ2v) is 9.51. The average Bonchev–Trinajstić information content (AvgIpc) is 3.11. The van der Waals surface area contributed by atoms with Gasteiger partial charge in [-0.05, 0) is 37.6 Å². The predicted octanol–water partition coefficient (Wildman–Crippen LogP) is 2.72. The van der Waals surface area contributed by atoms with Crippen molar-refractivity contribution in [3.05, 3.63) is 73.6 Å². The number of carbonyl (C=O) groups is 2. The molecule has 1 aromatic carbocycles. The number of H-pyrrole nitrogens is 1. The van der Waals surface area contributed by atoms with E-state index in [4.69, 9.17) is 23.2 Å². The molecule has 0 bridgehead atoms. The molecular weight excluding hydrogens is 486 g/mol. The molecule has 0 radical (unpaired) electrons. The number of nitrogens with one attached hydrogen (secondary N) is 1. The van der Waals surface area contributed by atoms with E-state index in [-0.39, 0.29) is 59.4 Å². The lowest BCUT2D eigenvalue weighted by atomic mass is 10.0. The highest BCUT2D eigenvalue weighted by Gasteiger charge is 2.33. The highest BCUT2D eigenvalue weighted by Crippen LogP contribution is 2.27. The summed E-state index contributed by atoms with van der Waals surface area (Å²) >= 11 is 12.4. The van der Waals surface area contributed by atoms with Crippen molar-refractivity contribution in [2.24, 2.45) is 0 Å². The van der Waals surface area contributed by atoms with Gasteiger partial charge in [-0.25, -0.2) is 4.39 Å². The van der Waals surface area contributed by atoms with Gasteiger partial charge in [0.2, 0.25) is 0 Å². The van der Waals surface area contributed by atoms with Crippen molar-refractivity contribution in [3.63, 3.8) is 0 Å². The van der Waals surface area contributed by atoms with E-state index in [2.05, 4.69) is 4.98 Å². The van der Waals surface area contributed by atoms with Crippen LogP contribution in [0.2, 0.25) is 10.2 Å². The summed E-state index contributed by atoms with van der Waals surface area (Å²) in [7, 11) is 0. The van der Waals surface area contributed by atoms with Gasteiger partial charge in [-0.15, -0.1) is 0 Å². The van der Waals surface area contributed by atoms with Gasteiger partial charge >= 0.3 is 0 Å². The number of nitrogens with zero attached hydrogens (tertiary/aromatic N) is 3. The van der Waals surface area contributed by atoms with Crippen molar-refractivity contribution < 1.29 is 19.1 Å². The molecule has 1 fully saturated rings. The molecule has 0 spiro atoms. The number of halogens is 3. The summed E-state index contributed by atoms with van der Waals surface area (Å²) in [5, 5.41) is 10.3. The van der Waals surface area contributed by atoms with E-state index in [0.29, 0.717) is 11.3 Å². The number of amides is 2. The zero-order chi connectivity index (χ0) is 24.8. The second kappa shape index (κ2) is 9.05. The van der Waals surface area contributed by atoms with E-state index in [1.165, 1.54) is 52.4 Å². The molecule has 34 heavy (non-hydrogen) atoms. The normalized spacial score (nSPS) is 14.6. The van der Waals surface area contributed by atoms with Crippen molar-refractivity contribution in [3.8, 4) is 0 Å². The Bertz CT molecular complexity index is 1340. The first kappa shape index (κ1) is 24.3. The summed E-state index contributed by atoms with van der Waals surface area (Å²) in [6, 6.07) is 5.72. The standard InChI is InChI=1S/C23H23Cl2FN4O4/c1-23(2,34)22(33)29-7-5-28(6-8-29)21(32)15-10-13(3-4-17(15)26)9-14-12-27-20(31)18-11-16(24)19(25)30(14)18/h3-4,10-12,34H,5-9H2,1-2H3,(H,27,31). The van der Waals surface area contributed by atoms with Gasteiger partial charge in [0.1, 0.15) is 22.1 Å². The summed E-state index contributed by atoms with van der Waals surface area (Å²) in [4.78, 5) is 43.0. The average molecular weight is 509 g/mol. The smallest absolute Gasteiger partial charge is 0.272 e. The molecule has 4 rings (SSSR count). The van der Waals surface area contributed by atoms with E-state index in [0.717, 1.165) is 0 Å². The number of rotatable bonds is 4. The highest BCUT2D eigenvalue weighted by atomic mass is 35.5. The number of fused-ring (bicyclic) bond motifs is 1. The monoisotopic (exact) mass is 508 g/mol. The minimum atomic E-state index is -1.49. The maximum absolute atomic E-state index is 14.6. The zero-order valence-corrected chi connectivity index (χ0v) is 20.1. The molecule has 0 aliphatic carbocycles. The number of aromatic nitrogens is 2. The second-order valence-electron chi connectivity index (χ2n) is 8.75. The molecule has 1 aliphatic rings. The lowest BCUT2D eigenvalue weighted by molar-refractivity contribution is -0.149. The van der Waals surface area contributed by atoms with Gasteiger partial charge in [0.05, 0.1) is 10.6 Å². The van der Waals surface area contributed by atoms with E-state index in [1.54, 1.807) is 6.07 Å². The number of benzene rings is 1. The third-order valence-electron chi connectivity index (χ3n) is 5.81. The van der Waals surface area contributed by atoms with Crippen LogP contribution >= 0.6 is 23.2 Å². The van der Waals surface area contributed by atoms with Gasteiger partial charge in [-0.3, -0.25) is 18.8 Å². The van der Waals surface area contributed by atoms with Crippen LogP contribution in [0.25, 0.3) is 5.52 Å². The van der Waals surface area contributed by atoms with Crippen molar-refractivity contribution in [1.82, 2.24) is 19.2 Å². The van der Waals surface area contributed by atoms with Gasteiger partial charge in [0.25, 0.3) is 17.4 Å². The Morgan fingerprint density at radius 1 is 1.12 bits per heavy atom. The first-order chi connectivity index (χ1) is 16.0. The van der Waals surface area contributed by atoms with Crippen molar-refractivity contribution in [2.45, 2.75) is 25.9 Å². The summed E-state index contributed by atoms with van der Waals surface area (Å²) in [5.41, 5.74) is -0.409. The molecule has 1 saturated heterocycles. The van der Waals surface area contributed by atoms with Crippen LogP contribution in [0.15, 0.2) is 35.3 Å². The first-order valence-corrected chi connectivity index (χ1v) is 11.4. The summed E-state index contributed by atoms with van der Waals surface area (Å²) in [6.45, 7) is 3.78. The quantitative estimate of drug-likeness (QED) is 0.565. The lowest BCUT2D eigenvalue weighted by Crippen LogP contribution is -2.55. The van der Waals surface area contributed by atoms with E-state index in [9.17, 15) is 23.9 Å². The first-order valence-electron chi connectivity index (χ1n) is 10.6. The number of piperazine rings is 1. The summed E-state index contributed by atoms with van der Waals surface area (Å²) in [6.07, 6.45) is 1.76. The third-order valence-corrected chi connectivity index (χ3v) is 6.57. The molecule has 2 N–H and O–H groups in total. The van der Waals surface area contributed by atoms with Crippen LogP contribution in [0, 0.1) is 5.82 Å². The summed E-state index contributed by atoms with van der Waals surface area (Å²) < 4.78 is 16.1. The highest BCUT2D eigenvalue weighted by molar-refractivity contribution is 6.42. The molecule has 11 heteroatoms. The SMILES string of the molecule is CC(C)(O)C(=O)N1CCN(C(=O)c2cc(Cc3c[nH]c(=O)c4cc(Cl)c(Cl)n34)ccc2F)CC1. The molecule has 180 valence electrons.